The quantitative estimate of drug-likeness (QED) is 0.183. The van der Waals surface area contributed by atoms with Gasteiger partial charge >= 0.3 is 0 Å². The molecule has 0 amide bonds. The average Bonchev–Trinajstić information content (AvgIpc) is 3.14. The summed E-state index contributed by atoms with van der Waals surface area (Å²) in [6.07, 6.45) is 1.34. The first kappa shape index (κ1) is 20.3. The SMILES string of the molecule is O=[N+]([O-])c1cc(Br)c(O)c(C=Nc2ccc3oc(-c4cccc(Cl)c4Cl)nc3c2)c1. The molecule has 4 rings (SSSR count). The summed E-state index contributed by atoms with van der Waals surface area (Å²) in [6, 6.07) is 12.7. The molecule has 0 fully saturated rings. The van der Waals surface area contributed by atoms with E-state index in [0.717, 1.165) is 0 Å². The first-order valence-corrected chi connectivity index (χ1v) is 9.94. The van der Waals surface area contributed by atoms with Crippen LogP contribution in [0.5, 0.6) is 5.75 Å². The minimum atomic E-state index is -0.550. The Kier molecular flexibility index (Phi) is 5.46. The molecular weight excluding hydrogens is 497 g/mol. The van der Waals surface area contributed by atoms with E-state index in [1.54, 1.807) is 36.4 Å². The molecule has 0 aliphatic rings. The van der Waals surface area contributed by atoms with Crippen LogP contribution in [-0.2, 0) is 0 Å². The van der Waals surface area contributed by atoms with Crippen LogP contribution in [-0.4, -0.2) is 21.2 Å². The second-order valence-electron chi connectivity index (χ2n) is 6.15. The molecule has 4 aromatic rings. The fourth-order valence-corrected chi connectivity index (χ4v) is 3.58. The van der Waals surface area contributed by atoms with E-state index in [1.165, 1.54) is 18.3 Å². The summed E-state index contributed by atoms with van der Waals surface area (Å²) in [7, 11) is 0. The summed E-state index contributed by atoms with van der Waals surface area (Å²) in [5.41, 5.74) is 2.18. The number of aliphatic imine (C=N–C) groups is 1. The molecule has 0 unspecified atom stereocenters. The van der Waals surface area contributed by atoms with Gasteiger partial charge < -0.3 is 9.52 Å². The third-order valence-corrected chi connectivity index (χ3v) is 5.62. The van der Waals surface area contributed by atoms with Crippen LogP contribution >= 0.6 is 39.1 Å². The molecule has 0 aliphatic heterocycles. The van der Waals surface area contributed by atoms with Crippen LogP contribution in [0.3, 0.4) is 0 Å². The average molecular weight is 507 g/mol. The summed E-state index contributed by atoms with van der Waals surface area (Å²) in [5.74, 6) is 0.170. The summed E-state index contributed by atoms with van der Waals surface area (Å²) >= 11 is 15.4. The first-order valence-electron chi connectivity index (χ1n) is 8.39. The lowest BCUT2D eigenvalue weighted by Gasteiger charge is -2.02. The van der Waals surface area contributed by atoms with Crippen molar-refractivity contribution < 1.29 is 14.4 Å². The molecule has 30 heavy (non-hydrogen) atoms. The van der Waals surface area contributed by atoms with Crippen molar-refractivity contribution in [2.45, 2.75) is 0 Å². The zero-order chi connectivity index (χ0) is 21.4. The molecule has 0 saturated heterocycles. The summed E-state index contributed by atoms with van der Waals surface area (Å²) in [5, 5.41) is 21.9. The minimum Gasteiger partial charge on any atom is -0.506 e. The highest BCUT2D eigenvalue weighted by Crippen LogP contribution is 2.35. The van der Waals surface area contributed by atoms with Gasteiger partial charge in [0.05, 0.1) is 30.7 Å². The van der Waals surface area contributed by atoms with Gasteiger partial charge in [-0.2, -0.15) is 0 Å². The van der Waals surface area contributed by atoms with Crippen molar-refractivity contribution in [1.82, 2.24) is 4.98 Å². The van der Waals surface area contributed by atoms with Crippen molar-refractivity contribution in [3.63, 3.8) is 0 Å². The van der Waals surface area contributed by atoms with E-state index >= 15 is 0 Å². The number of phenols is 1. The minimum absolute atomic E-state index is 0.148. The third-order valence-electron chi connectivity index (χ3n) is 4.19. The predicted octanol–water partition coefficient (Wildman–Crippen LogP) is 6.93. The standard InChI is InChI=1S/C20H10BrCl2N3O4/c21-14-8-12(26(28)29)6-10(19(14)27)9-24-11-4-5-17-16(7-11)25-20(30-17)13-2-1-3-15(22)18(13)23/h1-9,27H. The Balaban J connectivity index is 1.70. The van der Waals surface area contributed by atoms with E-state index in [0.29, 0.717) is 38.3 Å². The lowest BCUT2D eigenvalue weighted by atomic mass is 10.2. The molecule has 1 aromatic heterocycles. The second-order valence-corrected chi connectivity index (χ2v) is 7.79. The number of nitrogens with zero attached hydrogens (tertiary/aromatic N) is 3. The molecule has 3 aromatic carbocycles. The molecule has 7 nitrogen and oxygen atoms in total. The Morgan fingerprint density at radius 1 is 1.20 bits per heavy atom. The zero-order valence-corrected chi connectivity index (χ0v) is 17.9. The lowest BCUT2D eigenvalue weighted by molar-refractivity contribution is -0.385. The molecule has 150 valence electrons. The number of nitro benzene ring substituents is 1. The van der Waals surface area contributed by atoms with Crippen molar-refractivity contribution in [2.24, 2.45) is 4.99 Å². The van der Waals surface area contributed by atoms with E-state index in [4.69, 9.17) is 27.6 Å². The summed E-state index contributed by atoms with van der Waals surface area (Å²) < 4.78 is 5.96. The number of aromatic nitrogens is 1. The van der Waals surface area contributed by atoms with Gasteiger partial charge in [0.2, 0.25) is 5.89 Å². The largest absolute Gasteiger partial charge is 0.506 e. The molecular formula is C20H10BrCl2N3O4. The smallest absolute Gasteiger partial charge is 0.271 e. The van der Waals surface area contributed by atoms with Crippen LogP contribution in [0.15, 0.2) is 62.4 Å². The van der Waals surface area contributed by atoms with Gasteiger partial charge in [0.1, 0.15) is 11.3 Å². The maximum absolute atomic E-state index is 11.0. The number of hydrogen-bond acceptors (Lipinski definition) is 6. The van der Waals surface area contributed by atoms with Gasteiger partial charge in [0.15, 0.2) is 5.58 Å². The van der Waals surface area contributed by atoms with Crippen molar-refractivity contribution in [3.05, 3.63) is 78.7 Å². The van der Waals surface area contributed by atoms with Crippen molar-refractivity contribution in [2.75, 3.05) is 0 Å². The van der Waals surface area contributed by atoms with Gasteiger partial charge in [-0.3, -0.25) is 15.1 Å². The Morgan fingerprint density at radius 3 is 2.77 bits per heavy atom. The van der Waals surface area contributed by atoms with E-state index in [-0.39, 0.29) is 21.5 Å². The monoisotopic (exact) mass is 505 g/mol. The van der Waals surface area contributed by atoms with Crippen LogP contribution in [0.25, 0.3) is 22.6 Å². The highest BCUT2D eigenvalue weighted by atomic mass is 79.9. The van der Waals surface area contributed by atoms with Crippen LogP contribution < -0.4 is 0 Å². The van der Waals surface area contributed by atoms with Gasteiger partial charge in [-0.1, -0.05) is 29.3 Å². The predicted molar refractivity (Wildman–Crippen MR) is 119 cm³/mol. The number of nitro groups is 1. The van der Waals surface area contributed by atoms with Gasteiger partial charge in [0, 0.05) is 23.9 Å². The number of phenolic OH excluding ortho intramolecular Hbond substituents is 1. The van der Waals surface area contributed by atoms with Crippen LogP contribution in [0.4, 0.5) is 11.4 Å². The number of hydrogen-bond donors (Lipinski definition) is 1. The number of oxazole rings is 1. The van der Waals surface area contributed by atoms with Gasteiger partial charge in [0.25, 0.3) is 5.69 Å². The fraction of sp³-hybridized carbons (Fsp3) is 0. The van der Waals surface area contributed by atoms with E-state index in [9.17, 15) is 15.2 Å². The molecule has 0 atom stereocenters. The number of rotatable bonds is 4. The molecule has 0 aliphatic carbocycles. The highest BCUT2D eigenvalue weighted by Gasteiger charge is 2.15. The number of non-ortho nitro benzene ring substituents is 1. The lowest BCUT2D eigenvalue weighted by Crippen LogP contribution is -1.91. The highest BCUT2D eigenvalue weighted by molar-refractivity contribution is 9.10. The van der Waals surface area contributed by atoms with Gasteiger partial charge in [-0.25, -0.2) is 4.98 Å². The Labute approximate surface area is 187 Å². The van der Waals surface area contributed by atoms with Crippen LogP contribution in [0.2, 0.25) is 10.0 Å². The first-order chi connectivity index (χ1) is 14.3. The molecule has 0 radical (unpaired) electrons. The normalized spacial score (nSPS) is 11.4. The number of benzene rings is 3. The molecule has 0 spiro atoms. The van der Waals surface area contributed by atoms with Crippen LogP contribution in [0.1, 0.15) is 5.56 Å². The van der Waals surface area contributed by atoms with Crippen molar-refractivity contribution in [1.29, 1.82) is 0 Å². The number of fused-ring (bicyclic) bond motifs is 1. The second kappa shape index (κ2) is 8.06. The van der Waals surface area contributed by atoms with Crippen molar-refractivity contribution in [3.8, 4) is 17.2 Å². The Hall–Kier alpha value is -2.94. The maximum Gasteiger partial charge on any atom is 0.271 e. The van der Waals surface area contributed by atoms with E-state index in [1.807, 2.05) is 0 Å². The van der Waals surface area contributed by atoms with Gasteiger partial charge in [-0.05, 0) is 46.3 Å². The molecule has 0 bridgehead atoms. The topological polar surface area (TPSA) is 102 Å². The number of halogens is 3. The Morgan fingerprint density at radius 2 is 2.00 bits per heavy atom. The Bertz CT molecular complexity index is 1340. The summed E-state index contributed by atoms with van der Waals surface area (Å²) in [6.45, 7) is 0. The molecule has 1 N–H and O–H groups in total. The molecule has 1 heterocycles. The fourth-order valence-electron chi connectivity index (χ4n) is 2.73. The third kappa shape index (κ3) is 3.89. The van der Waals surface area contributed by atoms with Crippen molar-refractivity contribution >= 4 is 67.8 Å². The van der Waals surface area contributed by atoms with Gasteiger partial charge in [-0.15, -0.1) is 0 Å². The zero-order valence-electron chi connectivity index (χ0n) is 14.8. The number of aromatic hydroxyl groups is 1. The van der Waals surface area contributed by atoms with E-state index in [2.05, 4.69) is 25.9 Å². The molecule has 0 saturated carbocycles. The van der Waals surface area contributed by atoms with E-state index < -0.39 is 4.92 Å². The maximum atomic E-state index is 11.0. The summed E-state index contributed by atoms with van der Waals surface area (Å²) in [4.78, 5) is 19.2. The van der Waals surface area contributed by atoms with Crippen LogP contribution in [0, 0.1) is 10.1 Å². The molecule has 10 heteroatoms.